The molecule has 0 bridgehead atoms. The predicted octanol–water partition coefficient (Wildman–Crippen LogP) is 9.67. The molecule has 0 radical (unpaired) electrons. The summed E-state index contributed by atoms with van der Waals surface area (Å²) < 4.78 is 38.1. The highest BCUT2D eigenvalue weighted by molar-refractivity contribution is 8.14. The highest BCUT2D eigenvalue weighted by Gasteiger charge is 2.26. The number of nitrogens with one attached hydrogen (secondary N) is 2. The molecule has 0 fully saturated rings. The largest absolute Gasteiger partial charge is 0.405 e. The number of H-pyrrole nitrogens is 1. The van der Waals surface area contributed by atoms with E-state index >= 15 is 0 Å². The first-order valence-corrected chi connectivity index (χ1v) is 14.8. The Morgan fingerprint density at radius 1 is 0.854 bits per heavy atom. The monoisotopic (exact) mass is 567 g/mol. The van der Waals surface area contributed by atoms with Crippen molar-refractivity contribution in [3.63, 3.8) is 0 Å². The van der Waals surface area contributed by atoms with Gasteiger partial charge < -0.3 is 10.3 Å². The number of hydrogen-bond donors (Lipinski definition) is 2. The van der Waals surface area contributed by atoms with E-state index in [0.717, 1.165) is 49.9 Å². The van der Waals surface area contributed by atoms with Gasteiger partial charge in [-0.2, -0.15) is 23.7 Å². The summed E-state index contributed by atoms with van der Waals surface area (Å²) in [6.45, 7) is 1.04. The lowest BCUT2D eigenvalue weighted by atomic mass is 9.92. The van der Waals surface area contributed by atoms with Crippen molar-refractivity contribution >= 4 is 43.5 Å². The van der Waals surface area contributed by atoms with Crippen molar-refractivity contribution in [1.82, 2.24) is 9.97 Å². The van der Waals surface area contributed by atoms with E-state index in [4.69, 9.17) is 4.98 Å². The molecule has 0 amide bonds. The molecule has 2 aromatic heterocycles. The van der Waals surface area contributed by atoms with Gasteiger partial charge in [0.25, 0.3) is 0 Å². The van der Waals surface area contributed by atoms with E-state index in [1.165, 1.54) is 10.5 Å². The van der Waals surface area contributed by atoms with E-state index < -0.39 is 12.7 Å². The van der Waals surface area contributed by atoms with Crippen LogP contribution < -0.4 is 5.32 Å². The second kappa shape index (κ2) is 11.3. The van der Waals surface area contributed by atoms with Gasteiger partial charge in [0.2, 0.25) is 0 Å². The lowest BCUT2D eigenvalue weighted by Gasteiger charge is -2.14. The summed E-state index contributed by atoms with van der Waals surface area (Å²) in [4.78, 5) is 9.62. The van der Waals surface area contributed by atoms with Crippen molar-refractivity contribution in [3.05, 3.63) is 115 Å². The first kappa shape index (κ1) is 26.8. The number of fused-ring (bicyclic) bond motifs is 3. The molecule has 0 aliphatic rings. The molecule has 0 saturated heterocycles. The molecular formula is C34H28F3N3S. The second-order valence-electron chi connectivity index (χ2n) is 9.81. The Morgan fingerprint density at radius 2 is 1.56 bits per heavy atom. The van der Waals surface area contributed by atoms with Gasteiger partial charge in [-0.05, 0) is 60.0 Å². The highest BCUT2D eigenvalue weighted by Crippen LogP contribution is 2.41. The van der Waals surface area contributed by atoms with Crippen LogP contribution in [0.2, 0.25) is 0 Å². The average Bonchev–Trinajstić information content (AvgIpc) is 3.37. The Labute approximate surface area is 239 Å². The molecule has 2 heterocycles. The third-order valence-corrected chi connectivity index (χ3v) is 9.18. The zero-order valence-corrected chi connectivity index (χ0v) is 23.2. The van der Waals surface area contributed by atoms with E-state index in [0.29, 0.717) is 5.69 Å². The highest BCUT2D eigenvalue weighted by atomic mass is 32.2. The van der Waals surface area contributed by atoms with Gasteiger partial charge in [0, 0.05) is 49.9 Å². The van der Waals surface area contributed by atoms with Gasteiger partial charge in [-0.15, -0.1) is 0 Å². The van der Waals surface area contributed by atoms with Crippen LogP contribution in [0.1, 0.15) is 12.5 Å². The van der Waals surface area contributed by atoms with Crippen LogP contribution in [0, 0.1) is 0 Å². The molecule has 0 spiro atoms. The Bertz CT molecular complexity index is 1840. The minimum atomic E-state index is -4.28. The molecule has 4 aromatic carbocycles. The van der Waals surface area contributed by atoms with Crippen LogP contribution >= 0.6 is 10.5 Å². The molecule has 0 aliphatic carbocycles. The lowest BCUT2D eigenvalue weighted by molar-refractivity contribution is -0.115. The fourth-order valence-corrected chi connectivity index (χ4v) is 6.81. The first-order chi connectivity index (χ1) is 19.9. The zero-order valence-electron chi connectivity index (χ0n) is 22.4. The second-order valence-corrected chi connectivity index (χ2v) is 11.9. The summed E-state index contributed by atoms with van der Waals surface area (Å²) in [7, 11) is -0.0227. The zero-order chi connectivity index (χ0) is 28.4. The molecule has 7 heteroatoms. The maximum absolute atomic E-state index is 12.7. The summed E-state index contributed by atoms with van der Waals surface area (Å²) in [5, 5.41) is 6.86. The van der Waals surface area contributed by atoms with Crippen molar-refractivity contribution in [2.24, 2.45) is 0 Å². The Balaban J connectivity index is 1.48. The van der Waals surface area contributed by atoms with Crippen LogP contribution in [-0.4, -0.2) is 28.1 Å². The number of hydrogen-bond acceptors (Lipinski definition) is 2. The van der Waals surface area contributed by atoms with Gasteiger partial charge in [-0.1, -0.05) is 72.1 Å². The van der Waals surface area contributed by atoms with Gasteiger partial charge in [0.05, 0.1) is 0 Å². The van der Waals surface area contributed by atoms with Gasteiger partial charge in [0.1, 0.15) is 12.2 Å². The lowest BCUT2D eigenvalue weighted by Crippen LogP contribution is -2.21. The summed E-state index contributed by atoms with van der Waals surface area (Å²) in [6.07, 6.45) is -2.43. The smallest absolute Gasteiger partial charge is 0.376 e. The number of nitrogens with zero attached hydrogens (tertiary/aromatic N) is 1. The van der Waals surface area contributed by atoms with Crippen LogP contribution in [0.4, 0.5) is 18.9 Å². The van der Waals surface area contributed by atoms with Gasteiger partial charge >= 0.3 is 6.18 Å². The quantitative estimate of drug-likeness (QED) is 0.189. The third-order valence-electron chi connectivity index (χ3n) is 7.09. The molecule has 206 valence electrons. The number of halogens is 3. The average molecular weight is 568 g/mol. The number of aromatic nitrogens is 2. The molecule has 0 saturated carbocycles. The fraction of sp³-hybridized carbons (Fsp3) is 0.118. The topological polar surface area (TPSA) is 40.7 Å². The van der Waals surface area contributed by atoms with Crippen LogP contribution in [0.15, 0.2) is 114 Å². The molecule has 1 unspecified atom stereocenters. The number of alkyl halides is 3. The molecule has 0 aliphatic heterocycles. The van der Waals surface area contributed by atoms with Crippen LogP contribution in [0.3, 0.4) is 0 Å². The first-order valence-electron chi connectivity index (χ1n) is 13.3. The molecule has 2 N–H and O–H groups in total. The third kappa shape index (κ3) is 5.77. The van der Waals surface area contributed by atoms with Gasteiger partial charge in [-0.3, -0.25) is 0 Å². The van der Waals surface area contributed by atoms with Crippen molar-refractivity contribution in [1.29, 1.82) is 0 Å². The summed E-state index contributed by atoms with van der Waals surface area (Å²) >= 11 is 0. The van der Waals surface area contributed by atoms with Crippen LogP contribution in [0.25, 0.3) is 44.2 Å². The molecule has 6 aromatic rings. The predicted molar refractivity (Wildman–Crippen MR) is 167 cm³/mol. The van der Waals surface area contributed by atoms with Gasteiger partial charge in [0.15, 0.2) is 0 Å². The van der Waals surface area contributed by atoms with Gasteiger partial charge in [-0.25, -0.2) is 4.98 Å². The maximum atomic E-state index is 12.7. The minimum absolute atomic E-state index is 0.0227. The Hall–Kier alpha value is -4.36. The van der Waals surface area contributed by atoms with Crippen molar-refractivity contribution in [2.75, 3.05) is 11.9 Å². The van der Waals surface area contributed by atoms with Crippen molar-refractivity contribution in [3.8, 4) is 22.3 Å². The number of aromatic amines is 1. The molecule has 41 heavy (non-hydrogen) atoms. The normalized spacial score (nSPS) is 12.7. The number of rotatable bonds is 7. The van der Waals surface area contributed by atoms with Crippen molar-refractivity contribution in [2.45, 2.75) is 23.7 Å². The molecule has 6 rings (SSSR count). The van der Waals surface area contributed by atoms with Crippen LogP contribution in [0.5, 0.6) is 0 Å². The minimum Gasteiger partial charge on any atom is -0.376 e. The summed E-state index contributed by atoms with van der Waals surface area (Å²) in [5.41, 5.74) is 7.36. The van der Waals surface area contributed by atoms with E-state index in [9.17, 15) is 13.2 Å². The van der Waals surface area contributed by atoms with E-state index in [1.807, 2.05) is 42.6 Å². The van der Waals surface area contributed by atoms with E-state index in [2.05, 4.69) is 77.2 Å². The molecule has 1 atom stereocenters. The maximum Gasteiger partial charge on any atom is 0.405 e. The summed E-state index contributed by atoms with van der Waals surface area (Å²) in [5.74, 6) is 0.906. The van der Waals surface area contributed by atoms with Crippen LogP contribution in [-0.2, 0) is 5.75 Å². The Kier molecular flexibility index (Phi) is 7.37. The number of benzene rings is 4. The SMILES string of the molecule is C/C=S(/Cc1ccc2[nH]c3ncc(-c4ccc(NCC(F)(F)F)cc4)c(-c4ccccc4)c3c2c1)c1ccccc1. The van der Waals surface area contributed by atoms with E-state index in [1.54, 1.807) is 12.1 Å². The fourth-order valence-electron chi connectivity index (χ4n) is 5.16. The standard InChI is InChI=1S/C34H28F3N3S/c1-2-41(27-11-7-4-8-12-27)21-23-13-18-30-28(19-23)32-31(25-9-5-3-6-10-25)29(20-38-33(32)40-30)24-14-16-26(17-15-24)39-22-34(35,36)37/h2-20,39H,21-22H2,1H3,(H,38,40). The number of pyridine rings is 1. The Morgan fingerprint density at radius 3 is 2.24 bits per heavy atom. The summed E-state index contributed by atoms with van der Waals surface area (Å²) in [6, 6.07) is 34.4. The number of anilines is 1. The van der Waals surface area contributed by atoms with Crippen molar-refractivity contribution < 1.29 is 13.2 Å². The molecular weight excluding hydrogens is 539 g/mol. The van der Waals surface area contributed by atoms with E-state index in [-0.39, 0.29) is 10.5 Å². The molecule has 3 nitrogen and oxygen atoms in total.